The number of aryl methyl sites for hydroxylation is 2. The van der Waals surface area contributed by atoms with E-state index in [1.54, 1.807) is 0 Å². The van der Waals surface area contributed by atoms with Gasteiger partial charge in [-0.3, -0.25) is 4.79 Å². The van der Waals surface area contributed by atoms with Gasteiger partial charge in [-0.2, -0.15) is 0 Å². The minimum absolute atomic E-state index is 0.00245. The zero-order valence-electron chi connectivity index (χ0n) is 18.5. The van der Waals surface area contributed by atoms with Gasteiger partial charge in [-0.25, -0.2) is 12.7 Å². The number of benzene rings is 2. The third kappa shape index (κ3) is 6.80. The van der Waals surface area contributed by atoms with E-state index in [-0.39, 0.29) is 23.6 Å². The van der Waals surface area contributed by atoms with E-state index in [1.807, 2.05) is 69.3 Å². The molecule has 168 valence electrons. The van der Waals surface area contributed by atoms with Gasteiger partial charge < -0.3 is 10.1 Å². The van der Waals surface area contributed by atoms with Crippen LogP contribution < -0.4 is 10.1 Å². The molecule has 2 aromatic rings. The maximum Gasteiger partial charge on any atom is 0.223 e. The molecule has 1 amide bonds. The van der Waals surface area contributed by atoms with Crippen LogP contribution in [0.1, 0.15) is 36.5 Å². The van der Waals surface area contributed by atoms with E-state index in [4.69, 9.17) is 4.74 Å². The average molecular weight is 445 g/mol. The topological polar surface area (TPSA) is 75.7 Å². The number of carbonyl (C=O) groups is 1. The van der Waals surface area contributed by atoms with Crippen molar-refractivity contribution in [1.82, 2.24) is 9.62 Å². The third-order valence-corrected chi connectivity index (χ3v) is 7.45. The molecule has 1 saturated heterocycles. The fraction of sp³-hybridized carbons (Fsp3) is 0.458. The molecule has 0 spiro atoms. The molecular weight excluding hydrogens is 412 g/mol. The molecule has 1 aliphatic heterocycles. The number of carbonyl (C=O) groups excluding carboxylic acids is 1. The van der Waals surface area contributed by atoms with Crippen molar-refractivity contribution in [3.63, 3.8) is 0 Å². The molecule has 1 unspecified atom stereocenters. The van der Waals surface area contributed by atoms with Crippen LogP contribution in [0.5, 0.6) is 5.75 Å². The smallest absolute Gasteiger partial charge is 0.223 e. The quantitative estimate of drug-likeness (QED) is 0.677. The molecule has 0 aliphatic carbocycles. The van der Waals surface area contributed by atoms with Crippen LogP contribution in [0.3, 0.4) is 0 Å². The predicted octanol–water partition coefficient (Wildman–Crippen LogP) is 3.43. The van der Waals surface area contributed by atoms with Gasteiger partial charge in [0.05, 0.1) is 11.8 Å². The summed E-state index contributed by atoms with van der Waals surface area (Å²) < 4.78 is 32.7. The van der Waals surface area contributed by atoms with Crippen molar-refractivity contribution < 1.29 is 17.9 Å². The Morgan fingerprint density at radius 1 is 1.03 bits per heavy atom. The molecular formula is C24H32N2O4S. The number of nitrogens with zero attached hydrogens (tertiary/aromatic N) is 1. The molecule has 1 N–H and O–H groups in total. The van der Waals surface area contributed by atoms with Gasteiger partial charge in [0.1, 0.15) is 12.4 Å². The average Bonchev–Trinajstić information content (AvgIpc) is 2.75. The highest BCUT2D eigenvalue weighted by atomic mass is 32.2. The molecule has 6 nitrogen and oxygen atoms in total. The second kappa shape index (κ2) is 10.3. The Balaban J connectivity index is 1.44. The summed E-state index contributed by atoms with van der Waals surface area (Å²) in [6.45, 7) is 7.04. The summed E-state index contributed by atoms with van der Waals surface area (Å²) in [4.78, 5) is 12.6. The van der Waals surface area contributed by atoms with Gasteiger partial charge in [0.25, 0.3) is 0 Å². The van der Waals surface area contributed by atoms with E-state index in [2.05, 4.69) is 5.32 Å². The summed E-state index contributed by atoms with van der Waals surface area (Å²) in [6, 6.07) is 15.2. The van der Waals surface area contributed by atoms with Gasteiger partial charge in [-0.05, 0) is 51.3 Å². The van der Waals surface area contributed by atoms with Crippen LogP contribution in [0.2, 0.25) is 0 Å². The number of ether oxygens (including phenoxy) is 1. The lowest BCUT2D eigenvalue weighted by Crippen LogP contribution is -2.46. The summed E-state index contributed by atoms with van der Waals surface area (Å²) in [6.07, 6.45) is 1.06. The SMILES string of the molecule is Cc1ccc(CS(=O)(=O)N2CCC(C(=O)NC(C)COc3ccc(C)cc3)CC2)cc1. The van der Waals surface area contributed by atoms with Crippen LogP contribution >= 0.6 is 0 Å². The maximum atomic E-state index is 12.7. The second-order valence-electron chi connectivity index (χ2n) is 8.45. The van der Waals surface area contributed by atoms with Crippen LogP contribution in [0.25, 0.3) is 0 Å². The molecule has 1 atom stereocenters. The Kier molecular flexibility index (Phi) is 7.73. The first-order valence-electron chi connectivity index (χ1n) is 10.8. The van der Waals surface area contributed by atoms with Gasteiger partial charge >= 0.3 is 0 Å². The molecule has 0 radical (unpaired) electrons. The fourth-order valence-corrected chi connectivity index (χ4v) is 5.20. The molecule has 0 aromatic heterocycles. The van der Waals surface area contributed by atoms with Crippen molar-refractivity contribution in [2.24, 2.45) is 5.92 Å². The van der Waals surface area contributed by atoms with Crippen molar-refractivity contribution in [3.05, 3.63) is 65.2 Å². The van der Waals surface area contributed by atoms with Crippen molar-refractivity contribution in [2.75, 3.05) is 19.7 Å². The number of piperidine rings is 1. The largest absolute Gasteiger partial charge is 0.491 e. The summed E-state index contributed by atoms with van der Waals surface area (Å²) in [7, 11) is -3.38. The normalized spacial score (nSPS) is 16.6. The molecule has 0 bridgehead atoms. The molecule has 7 heteroatoms. The lowest BCUT2D eigenvalue weighted by molar-refractivity contribution is -0.126. The highest BCUT2D eigenvalue weighted by Gasteiger charge is 2.31. The second-order valence-corrected chi connectivity index (χ2v) is 10.4. The molecule has 31 heavy (non-hydrogen) atoms. The molecule has 0 saturated carbocycles. The zero-order valence-corrected chi connectivity index (χ0v) is 19.3. The Labute approximate surface area is 185 Å². The Morgan fingerprint density at radius 2 is 1.58 bits per heavy atom. The van der Waals surface area contributed by atoms with Crippen LogP contribution in [-0.2, 0) is 20.6 Å². The summed E-state index contributed by atoms with van der Waals surface area (Å²) in [5, 5.41) is 3.00. The molecule has 1 heterocycles. The molecule has 2 aromatic carbocycles. The summed E-state index contributed by atoms with van der Waals surface area (Å²) in [5.74, 6) is 0.569. The highest BCUT2D eigenvalue weighted by Crippen LogP contribution is 2.22. The zero-order chi connectivity index (χ0) is 22.4. The summed E-state index contributed by atoms with van der Waals surface area (Å²) in [5.41, 5.74) is 3.06. The predicted molar refractivity (Wildman–Crippen MR) is 122 cm³/mol. The minimum Gasteiger partial charge on any atom is -0.491 e. The standard InChI is InChI=1S/C24H32N2O4S/c1-18-4-8-21(9-5-18)17-31(28,29)26-14-12-22(13-15-26)24(27)25-20(3)16-30-23-10-6-19(2)7-11-23/h4-11,20,22H,12-17H2,1-3H3,(H,25,27). The van der Waals surface area contributed by atoms with Crippen LogP contribution in [0.15, 0.2) is 48.5 Å². The van der Waals surface area contributed by atoms with Crippen molar-refractivity contribution in [3.8, 4) is 5.75 Å². The third-order valence-electron chi connectivity index (χ3n) is 5.60. The van der Waals surface area contributed by atoms with Crippen LogP contribution in [0, 0.1) is 19.8 Å². The first-order chi connectivity index (χ1) is 14.7. The number of sulfonamides is 1. The van der Waals surface area contributed by atoms with E-state index in [1.165, 1.54) is 9.87 Å². The van der Waals surface area contributed by atoms with Gasteiger partial charge in [-0.1, -0.05) is 47.5 Å². The van der Waals surface area contributed by atoms with Gasteiger partial charge in [0.15, 0.2) is 0 Å². The van der Waals surface area contributed by atoms with E-state index in [0.29, 0.717) is 32.5 Å². The van der Waals surface area contributed by atoms with Crippen LogP contribution in [-0.4, -0.2) is 44.4 Å². The molecule has 1 fully saturated rings. The molecule has 3 rings (SSSR count). The van der Waals surface area contributed by atoms with E-state index in [9.17, 15) is 13.2 Å². The van der Waals surface area contributed by atoms with E-state index in [0.717, 1.165) is 16.9 Å². The van der Waals surface area contributed by atoms with Gasteiger partial charge in [-0.15, -0.1) is 0 Å². The van der Waals surface area contributed by atoms with Crippen molar-refractivity contribution in [2.45, 2.75) is 45.4 Å². The fourth-order valence-electron chi connectivity index (χ4n) is 3.64. The number of hydrogen-bond acceptors (Lipinski definition) is 4. The Morgan fingerprint density at radius 3 is 2.16 bits per heavy atom. The lowest BCUT2D eigenvalue weighted by atomic mass is 9.97. The van der Waals surface area contributed by atoms with Crippen LogP contribution in [0.4, 0.5) is 0 Å². The first kappa shape index (κ1) is 23.3. The van der Waals surface area contributed by atoms with Crippen molar-refractivity contribution in [1.29, 1.82) is 0 Å². The van der Waals surface area contributed by atoms with E-state index < -0.39 is 10.0 Å². The molecule has 1 aliphatic rings. The number of rotatable bonds is 8. The minimum atomic E-state index is -3.38. The van der Waals surface area contributed by atoms with Gasteiger partial charge in [0.2, 0.25) is 15.9 Å². The number of nitrogens with one attached hydrogen (secondary N) is 1. The highest BCUT2D eigenvalue weighted by molar-refractivity contribution is 7.88. The van der Waals surface area contributed by atoms with Gasteiger partial charge in [0, 0.05) is 19.0 Å². The number of hydrogen-bond donors (Lipinski definition) is 1. The van der Waals surface area contributed by atoms with Crippen molar-refractivity contribution >= 4 is 15.9 Å². The monoisotopic (exact) mass is 444 g/mol. The lowest BCUT2D eigenvalue weighted by Gasteiger charge is -2.31. The Hall–Kier alpha value is -2.38. The summed E-state index contributed by atoms with van der Waals surface area (Å²) >= 11 is 0. The van der Waals surface area contributed by atoms with E-state index >= 15 is 0 Å². The Bertz CT molecular complexity index is 964. The number of amides is 1. The maximum absolute atomic E-state index is 12.7. The first-order valence-corrected chi connectivity index (χ1v) is 12.4.